The number of nitriles is 2. The molecule has 2 saturated heterocycles. The van der Waals surface area contributed by atoms with Crippen molar-refractivity contribution in [1.82, 2.24) is 16.0 Å². The van der Waals surface area contributed by atoms with Crippen molar-refractivity contribution in [3.8, 4) is 12.1 Å². The smallest absolute Gasteiger partial charge is 0.407 e. The van der Waals surface area contributed by atoms with Gasteiger partial charge < -0.3 is 30.3 Å². The van der Waals surface area contributed by atoms with E-state index < -0.39 is 32.0 Å². The van der Waals surface area contributed by atoms with Gasteiger partial charge in [0.25, 0.3) is 20.0 Å². The highest BCUT2D eigenvalue weighted by Gasteiger charge is 2.29. The number of halogens is 1. The van der Waals surface area contributed by atoms with Crippen molar-refractivity contribution in [1.29, 1.82) is 10.5 Å². The van der Waals surface area contributed by atoms with Gasteiger partial charge in [-0.25, -0.2) is 30.8 Å². The molecule has 75 heavy (non-hydrogen) atoms. The SMILES string of the molecule is CCOC(=O)NC1CCN(c2ccc(N(Cc3ccccc3)S(=O)(=O)c3ccccc3)cc2C#N)CC1.CCOC(=O)NC1CCNCC1.N#Cc1cc(N(Cc2ccccc2)S(=O)(=O)c2ccccc2)ccc1F. The van der Waals surface area contributed by atoms with Gasteiger partial charge in [0.15, 0.2) is 0 Å². The molecule has 0 bridgehead atoms. The minimum Gasteiger partial charge on any atom is -0.450 e. The lowest BCUT2D eigenvalue weighted by molar-refractivity contribution is 0.145. The molecule has 392 valence electrons. The van der Waals surface area contributed by atoms with Gasteiger partial charge in [0, 0.05) is 25.2 Å². The minimum atomic E-state index is -3.89. The molecule has 6 aromatic carbocycles. The molecule has 0 spiro atoms. The maximum Gasteiger partial charge on any atom is 0.407 e. The first-order chi connectivity index (χ1) is 36.3. The summed E-state index contributed by atoms with van der Waals surface area (Å²) in [4.78, 5) is 25.1. The predicted octanol–water partition coefficient (Wildman–Crippen LogP) is 9.25. The van der Waals surface area contributed by atoms with Crippen LogP contribution in [0, 0.1) is 28.5 Å². The van der Waals surface area contributed by atoms with Crippen molar-refractivity contribution in [3.05, 3.63) is 186 Å². The van der Waals surface area contributed by atoms with E-state index in [1.165, 1.54) is 32.9 Å². The first-order valence-electron chi connectivity index (χ1n) is 24.6. The Morgan fingerprint density at radius 3 is 1.43 bits per heavy atom. The second kappa shape index (κ2) is 27.9. The Morgan fingerprint density at radius 1 is 0.600 bits per heavy atom. The summed E-state index contributed by atoms with van der Waals surface area (Å²) in [5.74, 6) is -0.687. The van der Waals surface area contributed by atoms with Gasteiger partial charge in [-0.15, -0.1) is 0 Å². The van der Waals surface area contributed by atoms with Crippen LogP contribution in [0.2, 0.25) is 0 Å². The predicted molar refractivity (Wildman–Crippen MR) is 286 cm³/mol. The first-order valence-corrected chi connectivity index (χ1v) is 27.4. The number of hydrogen-bond donors (Lipinski definition) is 3. The summed E-state index contributed by atoms with van der Waals surface area (Å²) in [5, 5.41) is 28.0. The Kier molecular flexibility index (Phi) is 21.0. The maximum absolute atomic E-state index is 13.7. The lowest BCUT2D eigenvalue weighted by atomic mass is 10.0. The molecule has 3 N–H and O–H groups in total. The fourth-order valence-electron chi connectivity index (χ4n) is 8.28. The highest BCUT2D eigenvalue weighted by Crippen LogP contribution is 2.33. The maximum atomic E-state index is 13.7. The van der Waals surface area contributed by atoms with Gasteiger partial charge in [-0.1, -0.05) is 97.1 Å². The average molecular weight is 1060 g/mol. The minimum absolute atomic E-state index is 0.0116. The van der Waals surface area contributed by atoms with Crippen LogP contribution < -0.4 is 29.5 Å². The van der Waals surface area contributed by atoms with Crippen LogP contribution >= 0.6 is 0 Å². The average Bonchev–Trinajstić information content (AvgIpc) is 3.44. The summed E-state index contributed by atoms with van der Waals surface area (Å²) >= 11 is 0. The number of alkyl carbamates (subject to hydrolysis) is 2. The fourth-order valence-corrected chi connectivity index (χ4v) is 11.2. The largest absolute Gasteiger partial charge is 0.450 e. The van der Waals surface area contributed by atoms with Crippen LogP contribution in [0.5, 0.6) is 0 Å². The number of ether oxygens (including phenoxy) is 2. The normalized spacial score (nSPS) is 13.7. The van der Waals surface area contributed by atoms with Gasteiger partial charge >= 0.3 is 12.2 Å². The van der Waals surface area contributed by atoms with Crippen molar-refractivity contribution in [2.45, 2.75) is 74.5 Å². The number of nitrogens with zero attached hydrogens (tertiary/aromatic N) is 5. The molecule has 0 aliphatic carbocycles. The molecule has 2 fully saturated rings. The van der Waals surface area contributed by atoms with Gasteiger partial charge in [-0.2, -0.15) is 10.5 Å². The molecule has 0 radical (unpaired) electrons. The van der Waals surface area contributed by atoms with Gasteiger partial charge in [-0.3, -0.25) is 8.61 Å². The summed E-state index contributed by atoms with van der Waals surface area (Å²) in [6.07, 6.45) is 2.73. The zero-order valence-electron chi connectivity index (χ0n) is 41.8. The number of piperidine rings is 2. The van der Waals surface area contributed by atoms with E-state index in [1.54, 1.807) is 73.7 Å². The third-order valence-electron chi connectivity index (χ3n) is 12.1. The van der Waals surface area contributed by atoms with Crippen molar-refractivity contribution in [2.24, 2.45) is 0 Å². The Hall–Kier alpha value is -7.97. The molecule has 16 nitrogen and oxygen atoms in total. The van der Waals surface area contributed by atoms with Crippen molar-refractivity contribution >= 4 is 49.3 Å². The Morgan fingerprint density at radius 2 is 1.00 bits per heavy atom. The van der Waals surface area contributed by atoms with E-state index in [1.807, 2.05) is 73.7 Å². The van der Waals surface area contributed by atoms with Crippen LogP contribution in [-0.4, -0.2) is 80.5 Å². The molecule has 2 aliphatic rings. The molecular weight excluding hydrogens is 996 g/mol. The van der Waals surface area contributed by atoms with E-state index in [0.29, 0.717) is 56.4 Å². The molecule has 0 saturated carbocycles. The van der Waals surface area contributed by atoms with Crippen molar-refractivity contribution < 1.29 is 40.3 Å². The molecule has 19 heteroatoms. The Balaban J connectivity index is 0.000000207. The second-order valence-electron chi connectivity index (χ2n) is 17.2. The molecule has 2 aliphatic heterocycles. The van der Waals surface area contributed by atoms with E-state index >= 15 is 0 Å². The fraction of sp³-hybridized carbons (Fsp3) is 0.286. The summed E-state index contributed by atoms with van der Waals surface area (Å²) < 4.78 is 79.7. The van der Waals surface area contributed by atoms with E-state index in [0.717, 1.165) is 48.8 Å². The van der Waals surface area contributed by atoms with E-state index in [-0.39, 0.29) is 46.3 Å². The standard InChI is InChI=1S/C28H30N4O4S.C20H15FN2O2S.C8H16N2O2/c1-2-36-28(33)30-24-15-17-31(18-16-24)27-14-13-25(19-23(27)20-29)32(21-22-9-5-3-6-10-22)37(34,35)26-11-7-4-8-12-26;21-20-12-11-18(13-17(20)14-22)23(15-16-7-3-1-4-8-16)26(24,25)19-9-5-2-6-10-19;1-2-12-8(11)10-7-3-5-9-6-4-7/h3-14,19,24H,2,15-18,21H2,1H3,(H,30,33);1-13H,15H2;7,9H,2-6H2,1H3,(H,10,11). The molecule has 2 heterocycles. The lowest BCUT2D eigenvalue weighted by Crippen LogP contribution is -2.45. The third-order valence-corrected chi connectivity index (χ3v) is 15.7. The van der Waals surface area contributed by atoms with Gasteiger partial charge in [0.05, 0.1) is 64.3 Å². The van der Waals surface area contributed by atoms with E-state index in [4.69, 9.17) is 14.7 Å². The summed E-state index contributed by atoms with van der Waals surface area (Å²) in [6, 6.07) is 48.0. The van der Waals surface area contributed by atoms with E-state index in [2.05, 4.69) is 26.9 Å². The zero-order valence-corrected chi connectivity index (χ0v) is 43.5. The molecule has 8 rings (SSSR count). The molecule has 0 unspecified atom stereocenters. The zero-order chi connectivity index (χ0) is 53.6. The number of carbonyl (C=O) groups is 2. The number of rotatable bonds is 15. The second-order valence-corrected chi connectivity index (χ2v) is 20.9. The monoisotopic (exact) mass is 1060 g/mol. The van der Waals surface area contributed by atoms with Gasteiger partial charge in [0.2, 0.25) is 0 Å². The van der Waals surface area contributed by atoms with Crippen LogP contribution in [0.25, 0.3) is 0 Å². The Labute approximate surface area is 439 Å². The lowest BCUT2D eigenvalue weighted by Gasteiger charge is -2.34. The number of benzene rings is 6. The molecule has 2 amide bonds. The number of carbonyl (C=O) groups excluding carboxylic acids is 2. The van der Waals surface area contributed by atoms with Crippen LogP contribution in [0.4, 0.5) is 31.0 Å². The van der Waals surface area contributed by atoms with Gasteiger partial charge in [-0.05, 0) is 124 Å². The molecule has 0 aromatic heterocycles. The summed E-state index contributed by atoms with van der Waals surface area (Å²) in [5.41, 5.74) is 3.20. The number of sulfonamides is 2. The van der Waals surface area contributed by atoms with Gasteiger partial charge in [0.1, 0.15) is 18.0 Å². The highest BCUT2D eigenvalue weighted by molar-refractivity contribution is 7.93. The third kappa shape index (κ3) is 16.0. The van der Waals surface area contributed by atoms with Crippen LogP contribution in [0.1, 0.15) is 61.8 Å². The van der Waals surface area contributed by atoms with Crippen LogP contribution in [0.15, 0.2) is 168 Å². The van der Waals surface area contributed by atoms with Crippen LogP contribution in [0.3, 0.4) is 0 Å². The summed E-state index contributed by atoms with van der Waals surface area (Å²) in [7, 11) is -7.77. The number of anilines is 3. The molecule has 0 atom stereocenters. The highest BCUT2D eigenvalue weighted by atomic mass is 32.2. The van der Waals surface area contributed by atoms with Crippen molar-refractivity contribution in [3.63, 3.8) is 0 Å². The van der Waals surface area contributed by atoms with Crippen LogP contribution in [-0.2, 0) is 42.6 Å². The number of hydrogen-bond acceptors (Lipinski definition) is 12. The topological polar surface area (TPSA) is 214 Å². The molecule has 6 aromatic rings. The summed E-state index contributed by atoms with van der Waals surface area (Å²) in [6.45, 7) is 7.81. The Bertz CT molecular complexity index is 3100. The molecular formula is C56H61FN8O8S2. The number of nitrogens with one attached hydrogen (secondary N) is 3. The van der Waals surface area contributed by atoms with Crippen molar-refractivity contribution in [2.75, 3.05) is 52.9 Å². The first kappa shape index (κ1) is 56.3. The number of amides is 2. The van der Waals surface area contributed by atoms with E-state index in [9.17, 15) is 36.1 Å². The quantitative estimate of drug-likeness (QED) is 0.0878.